The van der Waals surface area contributed by atoms with Crippen LogP contribution in [0.5, 0.6) is 0 Å². The van der Waals surface area contributed by atoms with E-state index in [-0.39, 0.29) is 10.7 Å². The number of nitrogens with zero attached hydrogens (tertiary/aromatic N) is 2. The van der Waals surface area contributed by atoms with Crippen molar-refractivity contribution in [2.24, 2.45) is 0 Å². The zero-order valence-electron chi connectivity index (χ0n) is 5.91. The van der Waals surface area contributed by atoms with Gasteiger partial charge in [0.1, 0.15) is 11.5 Å². The molecule has 62 valence electrons. The van der Waals surface area contributed by atoms with Gasteiger partial charge in [-0.1, -0.05) is 11.6 Å². The van der Waals surface area contributed by atoms with Gasteiger partial charge in [-0.05, 0) is 0 Å². The number of fused-ring (bicyclic) bond motifs is 1. The van der Waals surface area contributed by atoms with Crippen molar-refractivity contribution in [2.45, 2.75) is 0 Å². The molecule has 2 heterocycles. The van der Waals surface area contributed by atoms with Crippen LogP contribution < -0.4 is 11.4 Å². The number of aromatic nitrogens is 3. The first-order valence-electron chi connectivity index (χ1n) is 3.19. The first-order valence-corrected chi connectivity index (χ1v) is 3.57. The first-order chi connectivity index (χ1) is 5.68. The average molecular weight is 185 g/mol. The van der Waals surface area contributed by atoms with Gasteiger partial charge in [-0.3, -0.25) is 4.79 Å². The standard InChI is InChI=1S/C6H5ClN4O/c7-4-1-3-5(6(12)10-4)9-2-11(3)8/h1-2H,8H2,(H,10,12). The van der Waals surface area contributed by atoms with Crippen LogP contribution in [0.1, 0.15) is 0 Å². The fourth-order valence-corrected chi connectivity index (χ4v) is 1.20. The quantitative estimate of drug-likeness (QED) is 0.450. The second kappa shape index (κ2) is 2.25. The fraction of sp³-hybridized carbons (Fsp3) is 0. The van der Waals surface area contributed by atoms with Gasteiger partial charge in [0, 0.05) is 6.07 Å². The third-order valence-electron chi connectivity index (χ3n) is 1.54. The highest BCUT2D eigenvalue weighted by molar-refractivity contribution is 6.29. The minimum Gasteiger partial charge on any atom is -0.338 e. The van der Waals surface area contributed by atoms with E-state index in [1.165, 1.54) is 11.0 Å². The molecule has 0 amide bonds. The molecule has 0 aliphatic heterocycles. The molecule has 0 aliphatic carbocycles. The van der Waals surface area contributed by atoms with Crippen LogP contribution in [-0.4, -0.2) is 14.6 Å². The van der Waals surface area contributed by atoms with Crippen molar-refractivity contribution in [1.82, 2.24) is 14.6 Å². The van der Waals surface area contributed by atoms with Crippen molar-refractivity contribution in [3.63, 3.8) is 0 Å². The zero-order chi connectivity index (χ0) is 8.72. The number of nitrogen functional groups attached to an aromatic ring is 1. The predicted octanol–water partition coefficient (Wildman–Crippen LogP) is 0.0918. The number of nitrogens with two attached hydrogens (primary N) is 1. The van der Waals surface area contributed by atoms with E-state index in [2.05, 4.69) is 9.97 Å². The summed E-state index contributed by atoms with van der Waals surface area (Å²) in [5.41, 5.74) is 0.479. The van der Waals surface area contributed by atoms with Crippen molar-refractivity contribution >= 4 is 22.6 Å². The number of nitrogens with one attached hydrogen (secondary N) is 1. The minimum atomic E-state index is -0.332. The summed E-state index contributed by atoms with van der Waals surface area (Å²) in [4.78, 5) is 17.3. The lowest BCUT2D eigenvalue weighted by molar-refractivity contribution is 1.04. The monoisotopic (exact) mass is 184 g/mol. The Morgan fingerprint density at radius 3 is 3.17 bits per heavy atom. The van der Waals surface area contributed by atoms with Crippen molar-refractivity contribution in [1.29, 1.82) is 0 Å². The molecule has 0 aromatic carbocycles. The maximum atomic E-state index is 11.1. The van der Waals surface area contributed by atoms with Gasteiger partial charge in [0.25, 0.3) is 5.56 Å². The van der Waals surface area contributed by atoms with E-state index in [1.807, 2.05) is 0 Å². The highest BCUT2D eigenvalue weighted by Crippen LogP contribution is 2.09. The largest absolute Gasteiger partial charge is 0.338 e. The van der Waals surface area contributed by atoms with Crippen molar-refractivity contribution in [3.05, 3.63) is 27.9 Å². The summed E-state index contributed by atoms with van der Waals surface area (Å²) in [6.45, 7) is 0. The fourth-order valence-electron chi connectivity index (χ4n) is 1.01. The van der Waals surface area contributed by atoms with Crippen LogP contribution in [0.3, 0.4) is 0 Å². The van der Waals surface area contributed by atoms with Gasteiger partial charge in [-0.15, -0.1) is 0 Å². The Morgan fingerprint density at radius 1 is 1.67 bits per heavy atom. The molecule has 0 fully saturated rings. The summed E-state index contributed by atoms with van der Waals surface area (Å²) < 4.78 is 1.25. The molecule has 2 rings (SSSR count). The molecular weight excluding hydrogens is 180 g/mol. The van der Waals surface area contributed by atoms with Crippen molar-refractivity contribution in [2.75, 3.05) is 5.84 Å². The van der Waals surface area contributed by atoms with Crippen molar-refractivity contribution in [3.8, 4) is 0 Å². The van der Waals surface area contributed by atoms with Crippen LogP contribution in [0.2, 0.25) is 5.15 Å². The molecule has 0 saturated carbocycles. The molecule has 0 bridgehead atoms. The molecule has 0 radical (unpaired) electrons. The summed E-state index contributed by atoms with van der Waals surface area (Å²) in [5.74, 6) is 5.46. The van der Waals surface area contributed by atoms with Crippen LogP contribution in [0.25, 0.3) is 11.0 Å². The van der Waals surface area contributed by atoms with E-state index in [9.17, 15) is 4.79 Å². The molecule has 12 heavy (non-hydrogen) atoms. The topological polar surface area (TPSA) is 76.7 Å². The number of pyridine rings is 1. The van der Waals surface area contributed by atoms with Gasteiger partial charge in [-0.2, -0.15) is 0 Å². The summed E-state index contributed by atoms with van der Waals surface area (Å²) in [6, 6.07) is 1.55. The van der Waals surface area contributed by atoms with Gasteiger partial charge < -0.3 is 10.8 Å². The van der Waals surface area contributed by atoms with E-state index in [0.717, 1.165) is 0 Å². The molecule has 6 heteroatoms. The second-order valence-electron chi connectivity index (χ2n) is 2.33. The molecule has 0 spiro atoms. The lowest BCUT2D eigenvalue weighted by atomic mass is 10.4. The van der Waals surface area contributed by atoms with E-state index in [0.29, 0.717) is 11.0 Å². The molecule has 2 aromatic rings. The summed E-state index contributed by atoms with van der Waals surface area (Å²) in [7, 11) is 0. The van der Waals surface area contributed by atoms with E-state index in [1.54, 1.807) is 6.07 Å². The van der Waals surface area contributed by atoms with Gasteiger partial charge in [0.2, 0.25) is 0 Å². The van der Waals surface area contributed by atoms with E-state index >= 15 is 0 Å². The number of imidazole rings is 1. The average Bonchev–Trinajstić information content (AvgIpc) is 2.33. The van der Waals surface area contributed by atoms with Gasteiger partial charge >= 0.3 is 0 Å². The number of hydrogen-bond donors (Lipinski definition) is 2. The number of H-pyrrole nitrogens is 1. The smallest absolute Gasteiger partial charge is 0.277 e. The Bertz CT molecular complexity index is 486. The Balaban J connectivity index is 3.03. The first kappa shape index (κ1) is 7.17. The lowest BCUT2D eigenvalue weighted by Crippen LogP contribution is -2.09. The summed E-state index contributed by atoms with van der Waals surface area (Å²) in [5, 5.41) is 0.250. The Labute approximate surface area is 71.7 Å². The molecule has 0 unspecified atom stereocenters. The van der Waals surface area contributed by atoms with Crippen LogP contribution in [0, 0.1) is 0 Å². The Morgan fingerprint density at radius 2 is 2.42 bits per heavy atom. The van der Waals surface area contributed by atoms with Crippen molar-refractivity contribution < 1.29 is 0 Å². The maximum absolute atomic E-state index is 11.1. The normalized spacial score (nSPS) is 10.8. The molecular formula is C6H5ClN4O. The van der Waals surface area contributed by atoms with Crippen LogP contribution in [-0.2, 0) is 0 Å². The number of aromatic amines is 1. The molecule has 0 atom stereocenters. The van der Waals surface area contributed by atoms with Crippen LogP contribution >= 0.6 is 11.6 Å². The van der Waals surface area contributed by atoms with Crippen LogP contribution in [0.4, 0.5) is 0 Å². The van der Waals surface area contributed by atoms with Gasteiger partial charge in [0.15, 0.2) is 5.52 Å². The third-order valence-corrected chi connectivity index (χ3v) is 1.75. The lowest BCUT2D eigenvalue weighted by Gasteiger charge is -1.93. The highest BCUT2D eigenvalue weighted by atomic mass is 35.5. The zero-order valence-corrected chi connectivity index (χ0v) is 6.67. The van der Waals surface area contributed by atoms with Gasteiger partial charge in [-0.25, -0.2) is 9.66 Å². The molecule has 2 aromatic heterocycles. The van der Waals surface area contributed by atoms with E-state index < -0.39 is 0 Å². The number of rotatable bonds is 0. The molecule has 5 nitrogen and oxygen atoms in total. The highest BCUT2D eigenvalue weighted by Gasteiger charge is 2.04. The molecule has 0 saturated heterocycles. The van der Waals surface area contributed by atoms with Crippen LogP contribution in [0.15, 0.2) is 17.2 Å². The number of halogens is 1. The summed E-state index contributed by atoms with van der Waals surface area (Å²) >= 11 is 5.60. The maximum Gasteiger partial charge on any atom is 0.277 e. The van der Waals surface area contributed by atoms with E-state index in [4.69, 9.17) is 17.4 Å². The second-order valence-corrected chi connectivity index (χ2v) is 2.74. The SMILES string of the molecule is Nn1cnc2c(=O)[nH]c(Cl)cc21. The Hall–Kier alpha value is -1.49. The Kier molecular flexibility index (Phi) is 1.34. The number of hydrogen-bond acceptors (Lipinski definition) is 3. The third kappa shape index (κ3) is 0.868. The molecule has 3 N–H and O–H groups in total. The van der Waals surface area contributed by atoms with Gasteiger partial charge in [0.05, 0.1) is 5.52 Å². The molecule has 0 aliphatic rings. The summed E-state index contributed by atoms with van der Waals surface area (Å²) in [6.07, 6.45) is 1.36. The predicted molar refractivity (Wildman–Crippen MR) is 45.5 cm³/mol. The minimum absolute atomic E-state index is 0.250.